The second kappa shape index (κ2) is 6.74. The molecule has 0 aliphatic heterocycles. The average molecular weight is 305 g/mol. The van der Waals surface area contributed by atoms with Crippen LogP contribution in [0.3, 0.4) is 0 Å². The molecule has 2 N–H and O–H groups in total. The van der Waals surface area contributed by atoms with Gasteiger partial charge in [-0.05, 0) is 53.3 Å². The lowest BCUT2D eigenvalue weighted by atomic mass is 10.1. The van der Waals surface area contributed by atoms with Gasteiger partial charge in [-0.1, -0.05) is 13.8 Å². The van der Waals surface area contributed by atoms with Crippen LogP contribution in [0.2, 0.25) is 0 Å². The van der Waals surface area contributed by atoms with Crippen molar-refractivity contribution in [1.82, 2.24) is 4.90 Å². The summed E-state index contributed by atoms with van der Waals surface area (Å²) in [4.78, 5) is 3.70. The molecule has 0 saturated carbocycles. The van der Waals surface area contributed by atoms with Crippen molar-refractivity contribution in [2.75, 3.05) is 20.1 Å². The fraction of sp³-hybridized carbons (Fsp3) is 0.667. The van der Waals surface area contributed by atoms with E-state index >= 15 is 0 Å². The van der Waals surface area contributed by atoms with Gasteiger partial charge >= 0.3 is 0 Å². The first-order valence-electron chi connectivity index (χ1n) is 5.69. The standard InChI is InChI=1S/C12H21BrN2S/c1-9(2)4-6-15(3)11(8-14)12-10(13)5-7-16-12/h5,7,9,11H,4,6,8,14H2,1-3H3. The van der Waals surface area contributed by atoms with Crippen LogP contribution in [0.1, 0.15) is 31.2 Å². The zero-order valence-corrected chi connectivity index (χ0v) is 12.6. The predicted molar refractivity (Wildman–Crippen MR) is 75.9 cm³/mol. The second-order valence-corrected chi connectivity index (χ2v) is 6.35. The summed E-state index contributed by atoms with van der Waals surface area (Å²) in [7, 11) is 2.16. The maximum absolute atomic E-state index is 5.88. The molecule has 1 aromatic rings. The normalized spacial score (nSPS) is 13.7. The number of nitrogens with zero attached hydrogens (tertiary/aromatic N) is 1. The number of thiophene rings is 1. The van der Waals surface area contributed by atoms with Gasteiger partial charge in [-0.3, -0.25) is 4.90 Å². The van der Waals surface area contributed by atoms with Gasteiger partial charge in [0.25, 0.3) is 0 Å². The van der Waals surface area contributed by atoms with Crippen LogP contribution in [-0.2, 0) is 0 Å². The number of hydrogen-bond acceptors (Lipinski definition) is 3. The molecule has 0 bridgehead atoms. The van der Waals surface area contributed by atoms with Crippen LogP contribution in [0.25, 0.3) is 0 Å². The van der Waals surface area contributed by atoms with Gasteiger partial charge < -0.3 is 5.73 Å². The van der Waals surface area contributed by atoms with Crippen molar-refractivity contribution in [3.05, 3.63) is 20.8 Å². The van der Waals surface area contributed by atoms with Crippen molar-refractivity contribution < 1.29 is 0 Å². The van der Waals surface area contributed by atoms with Crippen LogP contribution in [0.4, 0.5) is 0 Å². The third-order valence-electron chi connectivity index (χ3n) is 2.76. The lowest BCUT2D eigenvalue weighted by molar-refractivity contribution is 0.238. The van der Waals surface area contributed by atoms with Crippen LogP contribution in [0.5, 0.6) is 0 Å². The minimum absolute atomic E-state index is 0.341. The van der Waals surface area contributed by atoms with E-state index in [1.54, 1.807) is 11.3 Å². The molecule has 0 aromatic carbocycles. The fourth-order valence-corrected chi connectivity index (χ4v) is 3.46. The molecule has 0 fully saturated rings. The van der Waals surface area contributed by atoms with E-state index in [4.69, 9.17) is 5.73 Å². The van der Waals surface area contributed by atoms with E-state index in [-0.39, 0.29) is 0 Å². The molecule has 1 rings (SSSR count). The molecule has 0 aliphatic carbocycles. The highest BCUT2D eigenvalue weighted by Gasteiger charge is 2.19. The van der Waals surface area contributed by atoms with Gasteiger partial charge in [0.2, 0.25) is 0 Å². The van der Waals surface area contributed by atoms with Crippen molar-refractivity contribution in [3.8, 4) is 0 Å². The van der Waals surface area contributed by atoms with Gasteiger partial charge in [0.15, 0.2) is 0 Å². The number of hydrogen-bond donors (Lipinski definition) is 1. The Kier molecular flexibility index (Phi) is 5.97. The molecule has 0 aliphatic rings. The van der Waals surface area contributed by atoms with E-state index in [9.17, 15) is 0 Å². The first-order chi connectivity index (χ1) is 7.56. The van der Waals surface area contributed by atoms with Crippen molar-refractivity contribution in [2.45, 2.75) is 26.3 Å². The summed E-state index contributed by atoms with van der Waals surface area (Å²) in [6.45, 7) is 6.29. The van der Waals surface area contributed by atoms with Crippen LogP contribution in [0, 0.1) is 5.92 Å². The van der Waals surface area contributed by atoms with Crippen LogP contribution in [-0.4, -0.2) is 25.0 Å². The number of halogens is 1. The molecule has 0 amide bonds. The molecule has 16 heavy (non-hydrogen) atoms. The van der Waals surface area contributed by atoms with Gasteiger partial charge in [0, 0.05) is 15.9 Å². The molecule has 4 heteroatoms. The highest BCUT2D eigenvalue weighted by atomic mass is 79.9. The summed E-state index contributed by atoms with van der Waals surface area (Å²) >= 11 is 5.36. The molecule has 1 aromatic heterocycles. The number of likely N-dealkylation sites (N-methyl/N-ethyl adjacent to an activating group) is 1. The molecule has 92 valence electrons. The van der Waals surface area contributed by atoms with E-state index < -0.39 is 0 Å². The third kappa shape index (κ3) is 3.84. The molecule has 1 heterocycles. The van der Waals surface area contributed by atoms with Crippen LogP contribution < -0.4 is 5.73 Å². The Morgan fingerprint density at radius 1 is 1.50 bits per heavy atom. The molecule has 1 atom stereocenters. The zero-order valence-electron chi connectivity index (χ0n) is 10.2. The minimum atomic E-state index is 0.341. The summed E-state index contributed by atoms with van der Waals surface area (Å²) in [6, 6.07) is 2.44. The number of nitrogens with two attached hydrogens (primary N) is 1. The third-order valence-corrected chi connectivity index (χ3v) is 4.73. The Morgan fingerprint density at radius 2 is 2.19 bits per heavy atom. The SMILES string of the molecule is CC(C)CCN(C)C(CN)c1sccc1Br. The van der Waals surface area contributed by atoms with E-state index in [1.807, 2.05) is 0 Å². The van der Waals surface area contributed by atoms with Crippen LogP contribution in [0.15, 0.2) is 15.9 Å². The van der Waals surface area contributed by atoms with E-state index in [1.165, 1.54) is 15.8 Å². The van der Waals surface area contributed by atoms with Crippen molar-refractivity contribution in [2.24, 2.45) is 11.7 Å². The monoisotopic (exact) mass is 304 g/mol. The predicted octanol–water partition coefficient (Wildman–Crippen LogP) is 3.49. The lowest BCUT2D eigenvalue weighted by Gasteiger charge is -2.27. The van der Waals surface area contributed by atoms with Crippen molar-refractivity contribution >= 4 is 27.3 Å². The first kappa shape index (κ1) is 14.2. The Labute approximate surface area is 111 Å². The molecule has 1 unspecified atom stereocenters. The summed E-state index contributed by atoms with van der Waals surface area (Å²) < 4.78 is 1.18. The zero-order chi connectivity index (χ0) is 12.1. The first-order valence-corrected chi connectivity index (χ1v) is 7.36. The molecule has 0 saturated heterocycles. The quantitative estimate of drug-likeness (QED) is 0.872. The van der Waals surface area contributed by atoms with Gasteiger partial charge in [0.1, 0.15) is 0 Å². The summed E-state index contributed by atoms with van der Waals surface area (Å²) in [6.07, 6.45) is 1.22. The average Bonchev–Trinajstić information content (AvgIpc) is 2.63. The maximum atomic E-state index is 5.88. The van der Waals surface area contributed by atoms with E-state index in [0.717, 1.165) is 12.5 Å². The van der Waals surface area contributed by atoms with Crippen molar-refractivity contribution in [3.63, 3.8) is 0 Å². The maximum Gasteiger partial charge on any atom is 0.0573 e. The summed E-state index contributed by atoms with van der Waals surface area (Å²) in [5.41, 5.74) is 5.88. The topological polar surface area (TPSA) is 29.3 Å². The fourth-order valence-electron chi connectivity index (χ4n) is 1.65. The Balaban J connectivity index is 2.64. The molecular weight excluding hydrogens is 284 g/mol. The van der Waals surface area contributed by atoms with Gasteiger partial charge in [-0.15, -0.1) is 11.3 Å². The van der Waals surface area contributed by atoms with Gasteiger partial charge in [-0.25, -0.2) is 0 Å². The molecule has 0 spiro atoms. The highest BCUT2D eigenvalue weighted by molar-refractivity contribution is 9.10. The summed E-state index contributed by atoms with van der Waals surface area (Å²) in [5.74, 6) is 0.743. The smallest absolute Gasteiger partial charge is 0.0573 e. The Hall–Kier alpha value is 0.100. The van der Waals surface area contributed by atoms with Crippen molar-refractivity contribution in [1.29, 1.82) is 0 Å². The highest BCUT2D eigenvalue weighted by Crippen LogP contribution is 2.31. The van der Waals surface area contributed by atoms with Gasteiger partial charge in [0.05, 0.1) is 6.04 Å². The Bertz CT molecular complexity index is 312. The minimum Gasteiger partial charge on any atom is -0.329 e. The molecule has 2 nitrogen and oxygen atoms in total. The van der Waals surface area contributed by atoms with Crippen LogP contribution >= 0.6 is 27.3 Å². The van der Waals surface area contributed by atoms with E-state index in [0.29, 0.717) is 12.6 Å². The van der Waals surface area contributed by atoms with E-state index in [2.05, 4.69) is 53.2 Å². The lowest BCUT2D eigenvalue weighted by Crippen LogP contribution is -2.31. The summed E-state index contributed by atoms with van der Waals surface area (Å²) in [5, 5.41) is 2.11. The second-order valence-electron chi connectivity index (χ2n) is 4.55. The molecular formula is C12H21BrN2S. The van der Waals surface area contributed by atoms with Gasteiger partial charge in [-0.2, -0.15) is 0 Å². The largest absolute Gasteiger partial charge is 0.329 e. The Morgan fingerprint density at radius 3 is 2.62 bits per heavy atom. The molecule has 0 radical (unpaired) electrons. The number of rotatable bonds is 6.